The number of nitrogens with zero attached hydrogens (tertiary/aromatic N) is 1. The van der Waals surface area contributed by atoms with Crippen LogP contribution in [-0.2, 0) is 0 Å². The van der Waals surface area contributed by atoms with Crippen LogP contribution in [0.4, 0.5) is 5.69 Å². The highest BCUT2D eigenvalue weighted by Crippen LogP contribution is 2.38. The standard InChI is InChI=1S/C23H28N2O3S/c1-15-6-7-17(12-19(15)25-23-24-11-10-16(2)29-23)8-9-18-13-20(26-3)22(28-5)21(14-18)27-4/h6-9,12-14,16H,10-11H2,1-5H3,(H,24,25). The molecule has 2 aromatic carbocycles. The van der Waals surface area contributed by atoms with E-state index in [4.69, 9.17) is 14.2 Å². The van der Waals surface area contributed by atoms with Gasteiger partial charge in [0.1, 0.15) is 0 Å². The minimum atomic E-state index is 0.592. The lowest BCUT2D eigenvalue weighted by atomic mass is 10.1. The van der Waals surface area contributed by atoms with E-state index in [0.29, 0.717) is 22.5 Å². The molecule has 1 atom stereocenters. The van der Waals surface area contributed by atoms with Gasteiger partial charge < -0.3 is 19.5 Å². The van der Waals surface area contributed by atoms with Crippen molar-refractivity contribution in [2.24, 2.45) is 4.99 Å². The molecule has 0 saturated heterocycles. The summed E-state index contributed by atoms with van der Waals surface area (Å²) in [6, 6.07) is 10.2. The maximum atomic E-state index is 5.44. The van der Waals surface area contributed by atoms with E-state index in [9.17, 15) is 0 Å². The predicted molar refractivity (Wildman–Crippen MR) is 124 cm³/mol. The Hall–Kier alpha value is -2.60. The van der Waals surface area contributed by atoms with Crippen molar-refractivity contribution in [3.05, 3.63) is 47.0 Å². The van der Waals surface area contributed by atoms with Crippen LogP contribution < -0.4 is 19.5 Å². The van der Waals surface area contributed by atoms with Gasteiger partial charge >= 0.3 is 0 Å². The monoisotopic (exact) mass is 412 g/mol. The molecule has 6 heteroatoms. The van der Waals surface area contributed by atoms with Gasteiger partial charge in [-0.05, 0) is 48.2 Å². The summed E-state index contributed by atoms with van der Waals surface area (Å²) in [5, 5.41) is 5.09. The molecule has 1 aliphatic heterocycles. The number of ether oxygens (including phenoxy) is 3. The minimum absolute atomic E-state index is 0.592. The largest absolute Gasteiger partial charge is 0.493 e. The Morgan fingerprint density at radius 3 is 2.31 bits per heavy atom. The van der Waals surface area contributed by atoms with Gasteiger partial charge in [-0.15, -0.1) is 0 Å². The number of hydrogen-bond donors (Lipinski definition) is 1. The SMILES string of the molecule is COc1cc(C=Cc2ccc(C)c(NC3=NCCC(C)S3)c2)cc(OC)c1OC. The molecule has 2 aromatic rings. The van der Waals surface area contributed by atoms with Gasteiger partial charge in [0, 0.05) is 17.5 Å². The van der Waals surface area contributed by atoms with Crippen molar-refractivity contribution in [3.8, 4) is 17.2 Å². The van der Waals surface area contributed by atoms with E-state index in [2.05, 4.69) is 48.4 Å². The van der Waals surface area contributed by atoms with E-state index in [1.165, 1.54) is 5.56 Å². The van der Waals surface area contributed by atoms with Gasteiger partial charge in [0.2, 0.25) is 5.75 Å². The van der Waals surface area contributed by atoms with Crippen molar-refractivity contribution in [1.82, 2.24) is 0 Å². The number of aliphatic imine (C=N–C) groups is 1. The molecule has 0 saturated carbocycles. The van der Waals surface area contributed by atoms with E-state index >= 15 is 0 Å². The molecule has 0 aliphatic carbocycles. The van der Waals surface area contributed by atoms with Crippen molar-refractivity contribution in [1.29, 1.82) is 0 Å². The van der Waals surface area contributed by atoms with Gasteiger partial charge in [-0.1, -0.05) is 43.0 Å². The van der Waals surface area contributed by atoms with Crippen LogP contribution in [0.5, 0.6) is 17.2 Å². The Morgan fingerprint density at radius 1 is 1.00 bits per heavy atom. The third-order valence-electron chi connectivity index (χ3n) is 4.76. The van der Waals surface area contributed by atoms with Crippen LogP contribution in [-0.4, -0.2) is 38.3 Å². The van der Waals surface area contributed by atoms with Crippen LogP contribution in [0.3, 0.4) is 0 Å². The molecule has 1 heterocycles. The summed E-state index contributed by atoms with van der Waals surface area (Å²) in [6.45, 7) is 5.23. The van der Waals surface area contributed by atoms with E-state index in [0.717, 1.165) is 34.9 Å². The first-order chi connectivity index (χ1) is 14.0. The number of methoxy groups -OCH3 is 3. The van der Waals surface area contributed by atoms with Crippen LogP contribution in [0.15, 0.2) is 35.3 Å². The summed E-state index contributed by atoms with van der Waals surface area (Å²) in [6.07, 6.45) is 5.24. The second kappa shape index (κ2) is 9.74. The van der Waals surface area contributed by atoms with E-state index in [1.54, 1.807) is 33.1 Å². The Bertz CT molecular complexity index is 899. The number of aryl methyl sites for hydroxylation is 1. The number of anilines is 1. The molecule has 1 N–H and O–H groups in total. The quantitative estimate of drug-likeness (QED) is 0.636. The number of rotatable bonds is 6. The summed E-state index contributed by atoms with van der Waals surface area (Å²) in [5.41, 5.74) is 4.34. The number of thioether (sulfide) groups is 1. The van der Waals surface area contributed by atoms with Crippen molar-refractivity contribution in [2.45, 2.75) is 25.5 Å². The average Bonchev–Trinajstić information content (AvgIpc) is 2.73. The van der Waals surface area contributed by atoms with Gasteiger partial charge in [-0.2, -0.15) is 0 Å². The van der Waals surface area contributed by atoms with Crippen LogP contribution in [0.2, 0.25) is 0 Å². The second-order valence-corrected chi connectivity index (χ2v) is 8.32. The lowest BCUT2D eigenvalue weighted by Gasteiger charge is -2.19. The number of benzene rings is 2. The molecular weight excluding hydrogens is 384 g/mol. The molecular formula is C23H28N2O3S. The van der Waals surface area contributed by atoms with Crippen molar-refractivity contribution >= 4 is 34.8 Å². The molecule has 1 aliphatic rings. The fourth-order valence-corrected chi connectivity index (χ4v) is 4.03. The molecule has 0 fully saturated rings. The Kier molecular flexibility index (Phi) is 7.09. The highest BCUT2D eigenvalue weighted by atomic mass is 32.2. The lowest BCUT2D eigenvalue weighted by Crippen LogP contribution is -2.18. The first-order valence-electron chi connectivity index (χ1n) is 9.61. The van der Waals surface area contributed by atoms with Crippen LogP contribution >= 0.6 is 11.8 Å². The zero-order valence-electron chi connectivity index (χ0n) is 17.6. The molecule has 0 radical (unpaired) electrons. The number of amidine groups is 1. The smallest absolute Gasteiger partial charge is 0.203 e. The molecule has 1 unspecified atom stereocenters. The maximum absolute atomic E-state index is 5.44. The Labute approximate surface area is 177 Å². The van der Waals surface area contributed by atoms with Crippen molar-refractivity contribution in [3.63, 3.8) is 0 Å². The van der Waals surface area contributed by atoms with E-state index in [1.807, 2.05) is 18.2 Å². The molecule has 3 rings (SSSR count). The summed E-state index contributed by atoms with van der Waals surface area (Å²) >= 11 is 1.80. The molecule has 0 aromatic heterocycles. The highest BCUT2D eigenvalue weighted by Gasteiger charge is 2.14. The van der Waals surface area contributed by atoms with E-state index < -0.39 is 0 Å². The number of nitrogens with one attached hydrogen (secondary N) is 1. The first kappa shape index (κ1) is 21.1. The minimum Gasteiger partial charge on any atom is -0.493 e. The van der Waals surface area contributed by atoms with Gasteiger partial charge in [0.25, 0.3) is 0 Å². The van der Waals surface area contributed by atoms with Gasteiger partial charge in [0.05, 0.1) is 21.3 Å². The molecule has 154 valence electrons. The summed E-state index contributed by atoms with van der Waals surface area (Å²) in [5.74, 6) is 1.87. The first-order valence-corrected chi connectivity index (χ1v) is 10.5. The molecule has 0 amide bonds. The van der Waals surface area contributed by atoms with Gasteiger partial charge in [-0.25, -0.2) is 0 Å². The third kappa shape index (κ3) is 5.26. The van der Waals surface area contributed by atoms with Crippen LogP contribution in [0.25, 0.3) is 12.2 Å². The zero-order valence-corrected chi connectivity index (χ0v) is 18.4. The fraction of sp³-hybridized carbons (Fsp3) is 0.348. The molecule has 0 bridgehead atoms. The fourth-order valence-electron chi connectivity index (χ4n) is 3.09. The normalized spacial score (nSPS) is 16.4. The van der Waals surface area contributed by atoms with Crippen molar-refractivity contribution in [2.75, 3.05) is 33.2 Å². The Morgan fingerprint density at radius 2 is 1.69 bits per heavy atom. The second-order valence-electron chi connectivity index (χ2n) is 6.90. The topological polar surface area (TPSA) is 52.1 Å². The maximum Gasteiger partial charge on any atom is 0.203 e. The third-order valence-corrected chi connectivity index (χ3v) is 5.85. The zero-order chi connectivity index (χ0) is 20.8. The molecule has 0 spiro atoms. The van der Waals surface area contributed by atoms with Crippen LogP contribution in [0.1, 0.15) is 30.0 Å². The predicted octanol–water partition coefficient (Wildman–Crippen LogP) is 5.48. The van der Waals surface area contributed by atoms with E-state index in [-0.39, 0.29) is 0 Å². The highest BCUT2D eigenvalue weighted by molar-refractivity contribution is 8.14. The molecule has 29 heavy (non-hydrogen) atoms. The number of hydrogen-bond acceptors (Lipinski definition) is 6. The average molecular weight is 413 g/mol. The lowest BCUT2D eigenvalue weighted by molar-refractivity contribution is 0.324. The van der Waals surface area contributed by atoms with Crippen molar-refractivity contribution < 1.29 is 14.2 Å². The molecule has 5 nitrogen and oxygen atoms in total. The summed E-state index contributed by atoms with van der Waals surface area (Å²) in [7, 11) is 4.84. The summed E-state index contributed by atoms with van der Waals surface area (Å²) in [4.78, 5) is 4.60. The summed E-state index contributed by atoms with van der Waals surface area (Å²) < 4.78 is 16.3. The van der Waals surface area contributed by atoms with Crippen LogP contribution in [0, 0.1) is 6.92 Å². The van der Waals surface area contributed by atoms with Gasteiger partial charge in [-0.3, -0.25) is 4.99 Å². The Balaban J connectivity index is 1.83. The van der Waals surface area contributed by atoms with Gasteiger partial charge in [0.15, 0.2) is 16.7 Å².